The zero-order valence-corrected chi connectivity index (χ0v) is 24.2. The molecule has 1 aliphatic rings. The summed E-state index contributed by atoms with van der Waals surface area (Å²) in [7, 11) is -4.39. The number of halogens is 8. The minimum Gasteiger partial charge on any atom is -0.489 e. The number of benzene rings is 3. The van der Waals surface area contributed by atoms with Crippen LogP contribution in [0.5, 0.6) is 11.5 Å². The number of carbonyl (C=O) groups is 1. The van der Waals surface area contributed by atoms with E-state index in [0.717, 1.165) is 34.6 Å². The number of anilines is 1. The summed E-state index contributed by atoms with van der Waals surface area (Å²) in [6, 6.07) is 9.76. The lowest BCUT2D eigenvalue weighted by atomic mass is 10.1. The molecule has 0 aliphatic carbocycles. The lowest BCUT2D eigenvalue weighted by Crippen LogP contribution is -2.38. The van der Waals surface area contributed by atoms with Gasteiger partial charge in [-0.3, -0.25) is 9.10 Å². The van der Waals surface area contributed by atoms with Gasteiger partial charge in [0.1, 0.15) is 18.1 Å². The number of hydrogen-bond acceptors (Lipinski definition) is 5. The molecule has 0 aromatic heterocycles. The second kappa shape index (κ2) is 13.3. The van der Waals surface area contributed by atoms with E-state index in [1.54, 1.807) is 13.0 Å². The maximum absolute atomic E-state index is 13.3. The molecule has 1 N–H and O–H groups in total. The number of carboxylic acids is 1. The van der Waals surface area contributed by atoms with E-state index >= 15 is 0 Å². The molecule has 0 fully saturated rings. The molecule has 7 nitrogen and oxygen atoms in total. The van der Waals surface area contributed by atoms with Gasteiger partial charge in [0.25, 0.3) is 10.0 Å². The number of alkyl halides is 6. The fourth-order valence-corrected chi connectivity index (χ4v) is 5.71. The average Bonchev–Trinajstić information content (AvgIpc) is 2.91. The quantitative estimate of drug-likeness (QED) is 0.210. The second-order valence-electron chi connectivity index (χ2n) is 8.61. The van der Waals surface area contributed by atoms with Crippen LogP contribution in [0.1, 0.15) is 30.0 Å². The zero-order valence-electron chi connectivity index (χ0n) is 21.8. The maximum atomic E-state index is 13.3. The first-order valence-electron chi connectivity index (χ1n) is 12.0. The van der Waals surface area contributed by atoms with Crippen molar-refractivity contribution in [2.45, 2.75) is 30.8 Å². The summed E-state index contributed by atoms with van der Waals surface area (Å²) in [5, 5.41) is 7.45. The largest absolute Gasteiger partial charge is 0.573 e. The van der Waals surface area contributed by atoms with Crippen molar-refractivity contribution in [3.05, 3.63) is 81.3 Å². The lowest BCUT2D eigenvalue weighted by molar-refractivity contribution is -0.274. The number of rotatable bonds is 6. The van der Waals surface area contributed by atoms with Crippen LogP contribution in [0.4, 0.5) is 32.0 Å². The Morgan fingerprint density at radius 1 is 1.02 bits per heavy atom. The molecule has 1 aliphatic heterocycles. The van der Waals surface area contributed by atoms with E-state index in [-0.39, 0.29) is 46.6 Å². The van der Waals surface area contributed by atoms with Gasteiger partial charge in [-0.2, -0.15) is 13.2 Å². The van der Waals surface area contributed by atoms with Crippen LogP contribution in [0.3, 0.4) is 0 Å². The van der Waals surface area contributed by atoms with E-state index < -0.39 is 44.7 Å². The summed E-state index contributed by atoms with van der Waals surface area (Å²) in [4.78, 5) is 8.83. The zero-order chi connectivity index (χ0) is 32.2. The van der Waals surface area contributed by atoms with Gasteiger partial charge in [-0.25, -0.2) is 8.42 Å². The van der Waals surface area contributed by atoms with Crippen molar-refractivity contribution in [1.29, 1.82) is 0 Å². The predicted molar refractivity (Wildman–Crippen MR) is 148 cm³/mol. The average molecular weight is 672 g/mol. The molecule has 232 valence electrons. The summed E-state index contributed by atoms with van der Waals surface area (Å²) in [6.45, 7) is 1.41. The third-order valence-electron chi connectivity index (χ3n) is 5.58. The van der Waals surface area contributed by atoms with Crippen LogP contribution in [-0.4, -0.2) is 39.0 Å². The van der Waals surface area contributed by atoms with E-state index in [1.807, 2.05) is 0 Å². The topological polar surface area (TPSA) is 93.1 Å². The molecule has 0 atom stereocenters. The SMILES string of the molecule is CCC(=O)O.O=S(=O)(c1cccc(C(F)(F)F)c1)N1CCOc2ccc(/C=C/c3c(Cl)cc(OC(F)(F)F)cc3Cl)cc21. The van der Waals surface area contributed by atoms with Crippen LogP contribution in [0.2, 0.25) is 10.0 Å². The monoisotopic (exact) mass is 671 g/mol. The lowest BCUT2D eigenvalue weighted by Gasteiger charge is -2.31. The first-order valence-corrected chi connectivity index (χ1v) is 14.2. The third-order valence-corrected chi connectivity index (χ3v) is 8.02. The van der Waals surface area contributed by atoms with Crippen molar-refractivity contribution in [3.63, 3.8) is 0 Å². The molecule has 43 heavy (non-hydrogen) atoms. The van der Waals surface area contributed by atoms with E-state index in [0.29, 0.717) is 11.6 Å². The van der Waals surface area contributed by atoms with Crippen LogP contribution < -0.4 is 13.8 Å². The molecule has 0 saturated heterocycles. The highest BCUT2D eigenvalue weighted by atomic mass is 35.5. The van der Waals surface area contributed by atoms with Crippen LogP contribution in [0, 0.1) is 0 Å². The molecule has 0 bridgehead atoms. The summed E-state index contributed by atoms with van der Waals surface area (Å²) < 4.78 is 114. The molecule has 1 heterocycles. The van der Waals surface area contributed by atoms with Crippen molar-refractivity contribution in [1.82, 2.24) is 0 Å². The van der Waals surface area contributed by atoms with E-state index in [9.17, 15) is 39.6 Å². The fourth-order valence-electron chi connectivity index (χ4n) is 3.62. The molecule has 0 radical (unpaired) electrons. The van der Waals surface area contributed by atoms with Crippen LogP contribution in [0.25, 0.3) is 12.2 Å². The molecule has 3 aromatic rings. The molecule has 0 unspecified atom stereocenters. The molecular formula is C27H21Cl2F6NO6S. The third kappa shape index (κ3) is 8.94. The molecule has 4 rings (SSSR count). The first-order chi connectivity index (χ1) is 19.9. The van der Waals surface area contributed by atoms with Crippen molar-refractivity contribution >= 4 is 57.0 Å². The van der Waals surface area contributed by atoms with Gasteiger partial charge in [0, 0.05) is 12.0 Å². The molecule has 16 heteroatoms. The van der Waals surface area contributed by atoms with Crippen molar-refractivity contribution < 1.29 is 54.1 Å². The Labute approximate surface area is 251 Å². The highest BCUT2D eigenvalue weighted by Crippen LogP contribution is 2.39. The number of carboxylic acid groups (broad SMARTS) is 1. The number of sulfonamides is 1. The minimum atomic E-state index is -4.94. The van der Waals surface area contributed by atoms with Crippen LogP contribution in [0.15, 0.2) is 59.5 Å². The molecular weight excluding hydrogens is 651 g/mol. The Bertz CT molecular complexity index is 1600. The summed E-state index contributed by atoms with van der Waals surface area (Å²) in [5.74, 6) is -1.16. The van der Waals surface area contributed by atoms with Crippen LogP contribution in [-0.2, 0) is 21.0 Å². The Balaban J connectivity index is 0.000000934. The standard InChI is InChI=1S/C24H15Cl2F6NO4S.C3H6O2/c25-19-12-16(37-24(30,31)32)13-20(26)18(19)6-4-14-5-7-22-21(10-14)33(8-9-36-22)38(34,35)17-3-1-2-15(11-17)23(27,28)29;1-2-3(4)5/h1-7,10-13H,8-9H2;2H2,1H3,(H,4,5)/b6-4+;. The number of aliphatic carboxylic acids is 1. The van der Waals surface area contributed by atoms with Gasteiger partial charge in [-0.05, 0) is 48.0 Å². The normalized spacial score (nSPS) is 13.6. The highest BCUT2D eigenvalue weighted by Gasteiger charge is 2.35. The maximum Gasteiger partial charge on any atom is 0.573 e. The van der Waals surface area contributed by atoms with Gasteiger partial charge < -0.3 is 14.6 Å². The van der Waals surface area contributed by atoms with Gasteiger partial charge >= 0.3 is 18.5 Å². The van der Waals surface area contributed by atoms with Gasteiger partial charge in [0.15, 0.2) is 0 Å². The summed E-state index contributed by atoms with van der Waals surface area (Å²) in [5.41, 5.74) is -0.433. The number of nitrogens with zero attached hydrogens (tertiary/aromatic N) is 1. The van der Waals surface area contributed by atoms with E-state index in [4.69, 9.17) is 33.0 Å². The second-order valence-corrected chi connectivity index (χ2v) is 11.3. The van der Waals surface area contributed by atoms with Crippen molar-refractivity contribution in [2.24, 2.45) is 0 Å². The van der Waals surface area contributed by atoms with Gasteiger partial charge in [0.2, 0.25) is 0 Å². The van der Waals surface area contributed by atoms with E-state index in [2.05, 4.69) is 4.74 Å². The van der Waals surface area contributed by atoms with Crippen molar-refractivity contribution in [3.8, 4) is 11.5 Å². The first kappa shape index (κ1) is 33.9. The number of fused-ring (bicyclic) bond motifs is 1. The Kier molecular flexibility index (Phi) is 10.5. The predicted octanol–water partition coefficient (Wildman–Crippen LogP) is 8.15. The summed E-state index contributed by atoms with van der Waals surface area (Å²) >= 11 is 12.1. The van der Waals surface area contributed by atoms with Crippen LogP contribution >= 0.6 is 23.2 Å². The fraction of sp³-hybridized carbons (Fsp3) is 0.222. The van der Waals surface area contributed by atoms with Gasteiger partial charge in [0.05, 0.1) is 32.7 Å². The molecule has 0 amide bonds. The highest BCUT2D eigenvalue weighted by molar-refractivity contribution is 7.92. The molecule has 3 aromatic carbocycles. The van der Waals surface area contributed by atoms with Gasteiger partial charge in [-0.1, -0.05) is 54.4 Å². The molecule has 0 saturated carbocycles. The Morgan fingerprint density at radius 2 is 1.65 bits per heavy atom. The smallest absolute Gasteiger partial charge is 0.489 e. The number of hydrogen-bond donors (Lipinski definition) is 1. The Morgan fingerprint density at radius 3 is 2.21 bits per heavy atom. The van der Waals surface area contributed by atoms with Crippen molar-refractivity contribution in [2.75, 3.05) is 17.5 Å². The summed E-state index contributed by atoms with van der Waals surface area (Å²) in [6.07, 6.45) is -6.57. The molecule has 0 spiro atoms. The number of ether oxygens (including phenoxy) is 2. The Hall–Kier alpha value is -3.62. The minimum absolute atomic E-state index is 0.0298. The van der Waals surface area contributed by atoms with E-state index in [1.165, 1.54) is 24.3 Å². The van der Waals surface area contributed by atoms with Gasteiger partial charge in [-0.15, -0.1) is 13.2 Å².